The van der Waals surface area contributed by atoms with Crippen molar-refractivity contribution >= 4 is 16.7 Å². The molecular weight excluding hydrogens is 327 g/mol. The summed E-state index contributed by atoms with van der Waals surface area (Å²) in [4.78, 5) is 11.7. The number of anilines is 1. The maximum absolute atomic E-state index is 13.6. The highest BCUT2D eigenvalue weighted by atomic mass is 19.1. The van der Waals surface area contributed by atoms with E-state index in [1.165, 1.54) is 12.1 Å². The molecule has 1 aliphatic rings. The van der Waals surface area contributed by atoms with Crippen molar-refractivity contribution in [1.82, 2.24) is 14.5 Å². The van der Waals surface area contributed by atoms with E-state index in [1.54, 1.807) is 0 Å². The van der Waals surface area contributed by atoms with E-state index in [-0.39, 0.29) is 5.82 Å². The van der Waals surface area contributed by atoms with Crippen LogP contribution in [0.1, 0.15) is 50.0 Å². The fourth-order valence-corrected chi connectivity index (χ4v) is 3.99. The smallest absolute Gasteiger partial charge is 0.129 e. The van der Waals surface area contributed by atoms with Gasteiger partial charge in [-0.25, -0.2) is 14.4 Å². The lowest BCUT2D eigenvalue weighted by atomic mass is 9.96. The summed E-state index contributed by atoms with van der Waals surface area (Å²) in [7, 11) is 0. The van der Waals surface area contributed by atoms with Crippen LogP contribution in [0.4, 0.5) is 10.2 Å². The number of fused-ring (bicyclic) bond motifs is 1. The maximum Gasteiger partial charge on any atom is 0.129 e. The predicted octanol–water partition coefficient (Wildman–Crippen LogP) is 4.84. The molecule has 3 aromatic rings. The molecule has 1 saturated heterocycles. The van der Waals surface area contributed by atoms with Crippen LogP contribution in [0.15, 0.2) is 36.7 Å². The number of piperidine rings is 1. The van der Waals surface area contributed by atoms with Crippen molar-refractivity contribution in [3.05, 3.63) is 53.9 Å². The average molecular weight is 352 g/mol. The molecule has 0 N–H and O–H groups in total. The lowest BCUT2D eigenvalue weighted by Gasteiger charge is -2.34. The van der Waals surface area contributed by atoms with Gasteiger partial charge < -0.3 is 9.47 Å². The Bertz CT molecular complexity index is 931. The largest absolute Gasteiger partial charge is 0.356 e. The molecule has 136 valence electrons. The third-order valence-corrected chi connectivity index (χ3v) is 5.33. The summed E-state index contributed by atoms with van der Waals surface area (Å²) in [5.41, 5.74) is 1.86. The van der Waals surface area contributed by atoms with E-state index in [9.17, 15) is 4.39 Å². The van der Waals surface area contributed by atoms with Gasteiger partial charge in [0, 0.05) is 48.9 Å². The summed E-state index contributed by atoms with van der Waals surface area (Å²) in [5, 5.41) is 1.01. The van der Waals surface area contributed by atoms with E-state index in [1.807, 2.05) is 12.3 Å². The second-order valence-electron chi connectivity index (χ2n) is 7.53. The van der Waals surface area contributed by atoms with Crippen LogP contribution >= 0.6 is 0 Å². The molecule has 1 atom stereocenters. The second-order valence-corrected chi connectivity index (χ2v) is 7.53. The van der Waals surface area contributed by atoms with Crippen molar-refractivity contribution in [3.63, 3.8) is 0 Å². The molecule has 4 nitrogen and oxygen atoms in total. The molecule has 0 spiro atoms. The first-order valence-electron chi connectivity index (χ1n) is 9.37. The number of pyridine rings is 1. The number of hydrogen-bond acceptors (Lipinski definition) is 3. The van der Waals surface area contributed by atoms with Gasteiger partial charge in [-0.15, -0.1) is 0 Å². The Morgan fingerprint density at radius 3 is 2.88 bits per heavy atom. The van der Waals surface area contributed by atoms with Crippen LogP contribution in [0.25, 0.3) is 10.9 Å². The van der Waals surface area contributed by atoms with Crippen LogP contribution in [0, 0.1) is 12.7 Å². The van der Waals surface area contributed by atoms with Crippen molar-refractivity contribution in [3.8, 4) is 0 Å². The molecule has 2 aromatic heterocycles. The van der Waals surface area contributed by atoms with Crippen LogP contribution in [0.3, 0.4) is 0 Å². The van der Waals surface area contributed by atoms with Crippen LogP contribution in [-0.4, -0.2) is 27.6 Å². The van der Waals surface area contributed by atoms with E-state index in [2.05, 4.69) is 47.5 Å². The minimum absolute atomic E-state index is 0.239. The molecule has 0 unspecified atom stereocenters. The molecule has 0 radical (unpaired) electrons. The zero-order valence-corrected chi connectivity index (χ0v) is 15.6. The van der Waals surface area contributed by atoms with Gasteiger partial charge in [-0.2, -0.15) is 0 Å². The summed E-state index contributed by atoms with van der Waals surface area (Å²) in [5.74, 6) is 2.25. The Morgan fingerprint density at radius 1 is 1.23 bits per heavy atom. The zero-order chi connectivity index (χ0) is 18.3. The van der Waals surface area contributed by atoms with E-state index < -0.39 is 0 Å². The molecule has 1 fully saturated rings. The van der Waals surface area contributed by atoms with Crippen molar-refractivity contribution < 1.29 is 4.39 Å². The molecule has 0 bridgehead atoms. The number of halogens is 1. The van der Waals surface area contributed by atoms with Crippen LogP contribution in [0.5, 0.6) is 0 Å². The lowest BCUT2D eigenvalue weighted by molar-refractivity contribution is 0.453. The number of benzene rings is 1. The highest BCUT2D eigenvalue weighted by molar-refractivity contribution is 5.84. The average Bonchev–Trinajstić information content (AvgIpc) is 3.11. The number of aromatic nitrogens is 3. The van der Waals surface area contributed by atoms with E-state index in [0.29, 0.717) is 12.0 Å². The van der Waals surface area contributed by atoms with Crippen molar-refractivity contribution in [2.24, 2.45) is 0 Å². The van der Waals surface area contributed by atoms with Gasteiger partial charge in [-0.05, 0) is 57.4 Å². The molecule has 26 heavy (non-hydrogen) atoms. The van der Waals surface area contributed by atoms with Crippen LogP contribution < -0.4 is 4.90 Å². The van der Waals surface area contributed by atoms with Crippen molar-refractivity contribution in [2.45, 2.75) is 45.6 Å². The molecule has 0 saturated carbocycles. The summed E-state index contributed by atoms with van der Waals surface area (Å²) in [6.45, 7) is 8.32. The Hall–Kier alpha value is -2.43. The Labute approximate surface area is 153 Å². The molecule has 1 aromatic carbocycles. The SMILES string of the molecule is Cc1cc(N2CCC[C@@H](c3nccn3C(C)C)C2)nc2cc(F)ccc12. The summed E-state index contributed by atoms with van der Waals surface area (Å²) in [6.07, 6.45) is 6.22. The van der Waals surface area contributed by atoms with Gasteiger partial charge in [0.25, 0.3) is 0 Å². The topological polar surface area (TPSA) is 34.0 Å². The quantitative estimate of drug-likeness (QED) is 0.676. The van der Waals surface area contributed by atoms with Crippen LogP contribution in [0.2, 0.25) is 0 Å². The third-order valence-electron chi connectivity index (χ3n) is 5.33. The van der Waals surface area contributed by atoms with Crippen LogP contribution in [-0.2, 0) is 0 Å². The molecule has 0 amide bonds. The van der Waals surface area contributed by atoms with E-state index in [0.717, 1.165) is 54.0 Å². The molecule has 4 rings (SSSR count). The minimum Gasteiger partial charge on any atom is -0.356 e. The molecule has 1 aliphatic heterocycles. The van der Waals surface area contributed by atoms with Gasteiger partial charge in [0.05, 0.1) is 5.52 Å². The first-order chi connectivity index (χ1) is 12.5. The lowest BCUT2D eigenvalue weighted by Crippen LogP contribution is -2.36. The first-order valence-corrected chi connectivity index (χ1v) is 9.37. The van der Waals surface area contributed by atoms with E-state index >= 15 is 0 Å². The predicted molar refractivity (Wildman–Crippen MR) is 103 cm³/mol. The number of aryl methyl sites for hydroxylation is 1. The summed E-state index contributed by atoms with van der Waals surface area (Å²) < 4.78 is 15.9. The van der Waals surface area contributed by atoms with Gasteiger partial charge >= 0.3 is 0 Å². The number of hydrogen-bond donors (Lipinski definition) is 0. The van der Waals surface area contributed by atoms with Gasteiger partial charge in [0.1, 0.15) is 17.5 Å². The zero-order valence-electron chi connectivity index (χ0n) is 15.6. The molecule has 3 heterocycles. The van der Waals surface area contributed by atoms with Crippen molar-refractivity contribution in [2.75, 3.05) is 18.0 Å². The number of rotatable bonds is 3. The first kappa shape index (κ1) is 17.0. The second kappa shape index (κ2) is 6.71. The Balaban J connectivity index is 1.66. The van der Waals surface area contributed by atoms with Gasteiger partial charge in [0.2, 0.25) is 0 Å². The maximum atomic E-state index is 13.6. The fourth-order valence-electron chi connectivity index (χ4n) is 3.99. The Kier molecular flexibility index (Phi) is 4.39. The summed E-state index contributed by atoms with van der Waals surface area (Å²) in [6, 6.07) is 7.37. The molecule has 0 aliphatic carbocycles. The highest BCUT2D eigenvalue weighted by Crippen LogP contribution is 2.31. The van der Waals surface area contributed by atoms with E-state index in [4.69, 9.17) is 4.98 Å². The monoisotopic (exact) mass is 352 g/mol. The molecular formula is C21H25FN4. The standard InChI is InChI=1S/C21H25FN4/c1-14(2)26-10-8-23-21(26)16-5-4-9-25(13-16)20-11-15(3)18-7-6-17(22)12-19(18)24-20/h6-8,10-12,14,16H,4-5,9,13H2,1-3H3/t16-/m1/s1. The number of imidazole rings is 1. The number of nitrogens with zero attached hydrogens (tertiary/aromatic N) is 4. The minimum atomic E-state index is -0.239. The highest BCUT2D eigenvalue weighted by Gasteiger charge is 2.26. The van der Waals surface area contributed by atoms with Crippen molar-refractivity contribution in [1.29, 1.82) is 0 Å². The van der Waals surface area contributed by atoms with Gasteiger partial charge in [0.15, 0.2) is 0 Å². The molecule has 5 heteroatoms. The fraction of sp³-hybridized carbons (Fsp3) is 0.429. The normalized spacial score (nSPS) is 18.0. The van der Waals surface area contributed by atoms with Gasteiger partial charge in [-0.1, -0.05) is 0 Å². The third kappa shape index (κ3) is 3.06. The van der Waals surface area contributed by atoms with Gasteiger partial charge in [-0.3, -0.25) is 0 Å². The summed E-state index contributed by atoms with van der Waals surface area (Å²) >= 11 is 0. The Morgan fingerprint density at radius 2 is 2.08 bits per heavy atom.